The Balaban J connectivity index is 2.06. The predicted octanol–water partition coefficient (Wildman–Crippen LogP) is -3.20. The van der Waals surface area contributed by atoms with Crippen molar-refractivity contribution in [3.05, 3.63) is 32.6 Å². The number of hydrogen-bond acceptors (Lipinski definition) is 7. The van der Waals surface area contributed by atoms with E-state index in [1.54, 1.807) is 6.92 Å². The molecular weight excluding hydrogens is 320 g/mol. The summed E-state index contributed by atoms with van der Waals surface area (Å²) >= 11 is 0. The first-order valence-corrected chi connectivity index (χ1v) is 7.59. The molecule has 1 aromatic heterocycles. The van der Waals surface area contributed by atoms with E-state index in [1.807, 2.05) is 0 Å². The number of carbonyl (C=O) groups is 1. The maximum absolute atomic E-state index is 11.8. The summed E-state index contributed by atoms with van der Waals surface area (Å²) in [7, 11) is 0. The van der Waals surface area contributed by atoms with Gasteiger partial charge in [-0.2, -0.15) is 0 Å². The van der Waals surface area contributed by atoms with E-state index in [9.17, 15) is 19.5 Å². The predicted molar refractivity (Wildman–Crippen MR) is 83.4 cm³/mol. The summed E-state index contributed by atoms with van der Waals surface area (Å²) in [5.41, 5.74) is 4.84. The van der Waals surface area contributed by atoms with E-state index in [1.165, 1.54) is 10.8 Å². The normalized spacial score (nSPS) is 24.8. The molecule has 0 aromatic carbocycles. The minimum atomic E-state index is -1.05. The lowest BCUT2D eigenvalue weighted by Crippen LogP contribution is -2.50. The fourth-order valence-corrected chi connectivity index (χ4v) is 2.62. The standard InChI is InChI=1S/C14H22N4O6/c1-7-3-18(14(23)17-12(7)21)4-8-2-10(11(6-20)24-8)16-13(22)9(15)5-19/h3,8-11,19-20H,2,4-6,15H2,1H3,(H,16,22)(H,17,21,23)/t8-,9?,10+,11-/m1/s1. The number of hydrogen-bond donors (Lipinski definition) is 5. The number of carbonyl (C=O) groups excluding carboxylic acids is 1. The van der Waals surface area contributed by atoms with Gasteiger partial charge in [0.25, 0.3) is 5.56 Å². The van der Waals surface area contributed by atoms with Crippen molar-refractivity contribution in [3.8, 4) is 0 Å². The molecule has 10 heteroatoms. The van der Waals surface area contributed by atoms with Crippen molar-refractivity contribution in [2.45, 2.75) is 44.2 Å². The Labute approximate surface area is 137 Å². The van der Waals surface area contributed by atoms with Gasteiger partial charge in [0.15, 0.2) is 0 Å². The highest BCUT2D eigenvalue weighted by molar-refractivity contribution is 5.81. The van der Waals surface area contributed by atoms with Crippen molar-refractivity contribution in [2.24, 2.45) is 5.73 Å². The first-order chi connectivity index (χ1) is 11.3. The van der Waals surface area contributed by atoms with E-state index in [4.69, 9.17) is 15.6 Å². The number of aliphatic hydroxyl groups is 2. The summed E-state index contributed by atoms with van der Waals surface area (Å²) in [5, 5.41) is 20.9. The highest BCUT2D eigenvalue weighted by Crippen LogP contribution is 2.21. The van der Waals surface area contributed by atoms with Crippen LogP contribution in [0.3, 0.4) is 0 Å². The molecule has 0 radical (unpaired) electrons. The largest absolute Gasteiger partial charge is 0.394 e. The Morgan fingerprint density at radius 3 is 2.88 bits per heavy atom. The van der Waals surface area contributed by atoms with Gasteiger partial charge in [-0.15, -0.1) is 0 Å². The average Bonchev–Trinajstić information content (AvgIpc) is 2.93. The molecule has 134 valence electrons. The first kappa shape index (κ1) is 18.3. The van der Waals surface area contributed by atoms with Crippen LogP contribution in [-0.2, 0) is 16.1 Å². The lowest BCUT2D eigenvalue weighted by Gasteiger charge is -2.19. The summed E-state index contributed by atoms with van der Waals surface area (Å²) in [6.45, 7) is 0.958. The van der Waals surface area contributed by atoms with Gasteiger partial charge in [-0.25, -0.2) is 4.79 Å². The van der Waals surface area contributed by atoms with Crippen LogP contribution in [0.5, 0.6) is 0 Å². The minimum absolute atomic E-state index is 0.172. The van der Waals surface area contributed by atoms with Crippen molar-refractivity contribution in [1.82, 2.24) is 14.9 Å². The second kappa shape index (κ2) is 7.71. The number of aliphatic hydroxyl groups excluding tert-OH is 2. The second-order valence-corrected chi connectivity index (χ2v) is 5.84. The molecule has 1 saturated heterocycles. The SMILES string of the molecule is Cc1cn(C[C@H]2C[C@H](NC(=O)C(N)CO)[C@@H](CO)O2)c(=O)[nH]c1=O. The molecule has 0 aliphatic carbocycles. The third-order valence-electron chi connectivity index (χ3n) is 3.96. The first-order valence-electron chi connectivity index (χ1n) is 7.59. The maximum atomic E-state index is 11.8. The third kappa shape index (κ3) is 4.09. The van der Waals surface area contributed by atoms with Crippen molar-refractivity contribution < 1.29 is 19.7 Å². The minimum Gasteiger partial charge on any atom is -0.394 e. The topological polar surface area (TPSA) is 160 Å². The smallest absolute Gasteiger partial charge is 0.328 e. The van der Waals surface area contributed by atoms with Crippen LogP contribution < -0.4 is 22.3 Å². The van der Waals surface area contributed by atoms with E-state index in [0.717, 1.165) is 0 Å². The highest BCUT2D eigenvalue weighted by atomic mass is 16.5. The van der Waals surface area contributed by atoms with E-state index >= 15 is 0 Å². The zero-order valence-corrected chi connectivity index (χ0v) is 13.3. The zero-order valence-electron chi connectivity index (χ0n) is 13.3. The van der Waals surface area contributed by atoms with Gasteiger partial charge in [-0.1, -0.05) is 0 Å². The molecule has 1 aromatic rings. The summed E-state index contributed by atoms with van der Waals surface area (Å²) in [4.78, 5) is 37.2. The molecule has 6 N–H and O–H groups in total. The van der Waals surface area contributed by atoms with Crippen LogP contribution in [0.1, 0.15) is 12.0 Å². The third-order valence-corrected chi connectivity index (χ3v) is 3.96. The fourth-order valence-electron chi connectivity index (χ4n) is 2.62. The molecule has 1 aliphatic heterocycles. The van der Waals surface area contributed by atoms with Crippen LogP contribution in [0, 0.1) is 6.92 Å². The fraction of sp³-hybridized carbons (Fsp3) is 0.643. The van der Waals surface area contributed by atoms with Crippen LogP contribution in [0.15, 0.2) is 15.8 Å². The quantitative estimate of drug-likeness (QED) is 0.364. The van der Waals surface area contributed by atoms with Crippen LogP contribution in [0.2, 0.25) is 0 Å². The molecule has 1 aliphatic rings. The molecule has 0 saturated carbocycles. The van der Waals surface area contributed by atoms with Gasteiger partial charge in [0.05, 0.1) is 31.9 Å². The summed E-state index contributed by atoms with van der Waals surface area (Å²) in [6.07, 6.45) is 0.733. The lowest BCUT2D eigenvalue weighted by atomic mass is 10.1. The van der Waals surface area contributed by atoms with Gasteiger partial charge in [0, 0.05) is 11.8 Å². The Morgan fingerprint density at radius 2 is 2.25 bits per heavy atom. The van der Waals surface area contributed by atoms with Gasteiger partial charge < -0.3 is 26.0 Å². The number of aromatic nitrogens is 2. The van der Waals surface area contributed by atoms with Crippen LogP contribution >= 0.6 is 0 Å². The molecule has 1 amide bonds. The number of ether oxygens (including phenoxy) is 1. The molecule has 10 nitrogen and oxygen atoms in total. The Kier molecular flexibility index (Phi) is 5.89. The molecule has 2 heterocycles. The molecule has 24 heavy (non-hydrogen) atoms. The number of rotatable bonds is 6. The van der Waals surface area contributed by atoms with E-state index in [-0.39, 0.29) is 13.2 Å². The highest BCUT2D eigenvalue weighted by Gasteiger charge is 2.36. The van der Waals surface area contributed by atoms with E-state index in [0.29, 0.717) is 12.0 Å². The molecule has 0 bridgehead atoms. The molecule has 4 atom stereocenters. The Bertz CT molecular complexity index is 699. The number of aromatic amines is 1. The van der Waals surface area contributed by atoms with Gasteiger partial charge in [-0.3, -0.25) is 19.1 Å². The number of nitrogens with one attached hydrogen (secondary N) is 2. The average molecular weight is 342 g/mol. The summed E-state index contributed by atoms with van der Waals surface area (Å²) in [5.74, 6) is -0.540. The van der Waals surface area contributed by atoms with Crippen molar-refractivity contribution >= 4 is 5.91 Å². The number of nitrogens with two attached hydrogens (primary N) is 1. The molecule has 0 spiro atoms. The number of H-pyrrole nitrogens is 1. The van der Waals surface area contributed by atoms with Crippen LogP contribution in [0.25, 0.3) is 0 Å². The number of amides is 1. The second-order valence-electron chi connectivity index (χ2n) is 5.84. The van der Waals surface area contributed by atoms with E-state index in [2.05, 4.69) is 10.3 Å². The maximum Gasteiger partial charge on any atom is 0.328 e. The summed E-state index contributed by atoms with van der Waals surface area (Å²) in [6, 6.07) is -1.53. The van der Waals surface area contributed by atoms with Crippen molar-refractivity contribution in [3.63, 3.8) is 0 Å². The number of aryl methyl sites for hydroxylation is 1. The number of nitrogens with zero attached hydrogens (tertiary/aromatic N) is 1. The van der Waals surface area contributed by atoms with Gasteiger partial charge in [0.2, 0.25) is 5.91 Å². The molecular formula is C14H22N4O6. The lowest BCUT2D eigenvalue weighted by molar-refractivity contribution is -0.124. The van der Waals surface area contributed by atoms with Crippen molar-refractivity contribution in [2.75, 3.05) is 13.2 Å². The monoisotopic (exact) mass is 342 g/mol. The van der Waals surface area contributed by atoms with Crippen molar-refractivity contribution in [1.29, 1.82) is 0 Å². The Hall–Kier alpha value is -2.01. The van der Waals surface area contributed by atoms with Crippen LogP contribution in [-0.4, -0.2) is 63.2 Å². The van der Waals surface area contributed by atoms with Gasteiger partial charge in [0.1, 0.15) is 12.1 Å². The van der Waals surface area contributed by atoms with Crippen LogP contribution in [0.4, 0.5) is 0 Å². The Morgan fingerprint density at radius 1 is 1.54 bits per heavy atom. The van der Waals surface area contributed by atoms with E-state index < -0.39 is 48.1 Å². The summed E-state index contributed by atoms with van der Waals surface area (Å²) < 4.78 is 6.97. The molecule has 1 fully saturated rings. The van der Waals surface area contributed by atoms with Gasteiger partial charge in [-0.05, 0) is 13.3 Å². The molecule has 2 rings (SSSR count). The van der Waals surface area contributed by atoms with Gasteiger partial charge >= 0.3 is 5.69 Å². The molecule has 1 unspecified atom stereocenters. The zero-order chi connectivity index (χ0) is 17.9.